The van der Waals surface area contributed by atoms with Crippen molar-refractivity contribution in [2.45, 2.75) is 20.8 Å². The highest BCUT2D eigenvalue weighted by atomic mass is 16.3. The van der Waals surface area contributed by atoms with E-state index in [2.05, 4.69) is 4.98 Å². The molecule has 3 nitrogen and oxygen atoms in total. The topological polar surface area (TPSA) is 46.0 Å². The zero-order chi connectivity index (χ0) is 13.6. The Hall–Kier alpha value is -2.29. The number of carbonyl (C=O) groups is 1. The molecule has 1 aromatic carbocycles. The standard InChI is InChI=1S/C16H15NO2/c1-9-4-5-12-14(8-17-15(12)6-9)16(18)13-7-10(2)19-11(13)3/h4-8,17H,1-3H3. The highest BCUT2D eigenvalue weighted by Gasteiger charge is 2.18. The van der Waals surface area contributed by atoms with Crippen LogP contribution in [0.5, 0.6) is 0 Å². The van der Waals surface area contributed by atoms with Gasteiger partial charge in [0.1, 0.15) is 11.5 Å². The number of nitrogens with one attached hydrogen (secondary N) is 1. The van der Waals surface area contributed by atoms with E-state index in [0.717, 1.165) is 16.7 Å². The second-order valence-electron chi connectivity index (χ2n) is 4.91. The Kier molecular flexibility index (Phi) is 2.56. The summed E-state index contributed by atoms with van der Waals surface area (Å²) in [4.78, 5) is 15.7. The Bertz CT molecular complexity index is 777. The summed E-state index contributed by atoms with van der Waals surface area (Å²) in [6.07, 6.45) is 1.77. The maximum atomic E-state index is 12.6. The lowest BCUT2D eigenvalue weighted by Gasteiger charge is -1.98. The fourth-order valence-corrected chi connectivity index (χ4v) is 2.43. The van der Waals surface area contributed by atoms with Crippen LogP contribution in [0.2, 0.25) is 0 Å². The van der Waals surface area contributed by atoms with Crippen LogP contribution in [0.1, 0.15) is 33.0 Å². The van der Waals surface area contributed by atoms with Crippen molar-refractivity contribution >= 4 is 16.7 Å². The molecule has 0 unspecified atom stereocenters. The summed E-state index contributed by atoms with van der Waals surface area (Å²) in [7, 11) is 0. The molecule has 2 heterocycles. The van der Waals surface area contributed by atoms with Crippen LogP contribution in [0.15, 0.2) is 34.9 Å². The lowest BCUT2D eigenvalue weighted by molar-refractivity contribution is 0.103. The van der Waals surface area contributed by atoms with Crippen LogP contribution >= 0.6 is 0 Å². The number of ketones is 1. The van der Waals surface area contributed by atoms with Crippen molar-refractivity contribution in [2.24, 2.45) is 0 Å². The number of rotatable bonds is 2. The minimum absolute atomic E-state index is 0.00412. The van der Waals surface area contributed by atoms with Crippen molar-refractivity contribution in [2.75, 3.05) is 0 Å². The molecule has 0 spiro atoms. The van der Waals surface area contributed by atoms with Gasteiger partial charge in [0, 0.05) is 22.7 Å². The molecule has 1 N–H and O–H groups in total. The Balaban J connectivity index is 2.14. The van der Waals surface area contributed by atoms with E-state index in [0.29, 0.717) is 16.9 Å². The third-order valence-corrected chi connectivity index (χ3v) is 3.37. The largest absolute Gasteiger partial charge is 0.466 e. The molecule has 96 valence electrons. The van der Waals surface area contributed by atoms with Gasteiger partial charge in [-0.2, -0.15) is 0 Å². The fraction of sp³-hybridized carbons (Fsp3) is 0.188. The van der Waals surface area contributed by atoms with E-state index in [4.69, 9.17) is 4.42 Å². The van der Waals surface area contributed by atoms with Crippen LogP contribution in [0.25, 0.3) is 10.9 Å². The predicted molar refractivity (Wildman–Crippen MR) is 74.7 cm³/mol. The molecule has 3 aromatic rings. The van der Waals surface area contributed by atoms with Crippen LogP contribution in [0, 0.1) is 20.8 Å². The molecule has 0 aliphatic heterocycles. The molecule has 0 atom stereocenters. The number of benzene rings is 1. The van der Waals surface area contributed by atoms with Crippen LogP contribution in [0.4, 0.5) is 0 Å². The van der Waals surface area contributed by atoms with Gasteiger partial charge in [-0.15, -0.1) is 0 Å². The predicted octanol–water partition coefficient (Wildman–Crippen LogP) is 3.92. The second-order valence-corrected chi connectivity index (χ2v) is 4.91. The minimum atomic E-state index is 0.00412. The molecule has 0 aliphatic rings. The number of aromatic nitrogens is 1. The molecule has 0 aliphatic carbocycles. The van der Waals surface area contributed by atoms with Crippen LogP contribution in [-0.2, 0) is 0 Å². The summed E-state index contributed by atoms with van der Waals surface area (Å²) in [5, 5.41) is 0.953. The molecular weight excluding hydrogens is 238 g/mol. The monoisotopic (exact) mass is 253 g/mol. The first-order chi connectivity index (χ1) is 9.06. The van der Waals surface area contributed by atoms with Gasteiger partial charge in [-0.3, -0.25) is 4.79 Å². The number of aryl methyl sites for hydroxylation is 3. The van der Waals surface area contributed by atoms with E-state index in [-0.39, 0.29) is 5.78 Å². The average Bonchev–Trinajstić information content (AvgIpc) is 2.91. The molecule has 2 aromatic heterocycles. The molecule has 19 heavy (non-hydrogen) atoms. The van der Waals surface area contributed by atoms with E-state index in [1.54, 1.807) is 12.3 Å². The van der Waals surface area contributed by atoms with E-state index in [1.165, 1.54) is 5.56 Å². The highest BCUT2D eigenvalue weighted by molar-refractivity contribution is 6.16. The molecule has 0 amide bonds. The summed E-state index contributed by atoms with van der Waals surface area (Å²) >= 11 is 0. The minimum Gasteiger partial charge on any atom is -0.466 e. The quantitative estimate of drug-likeness (QED) is 0.703. The first-order valence-electron chi connectivity index (χ1n) is 6.26. The van der Waals surface area contributed by atoms with Gasteiger partial charge < -0.3 is 9.40 Å². The van der Waals surface area contributed by atoms with Crippen molar-refractivity contribution in [3.8, 4) is 0 Å². The van der Waals surface area contributed by atoms with Crippen molar-refractivity contribution in [1.82, 2.24) is 4.98 Å². The molecule has 0 saturated heterocycles. The summed E-state index contributed by atoms with van der Waals surface area (Å²) < 4.78 is 5.43. The maximum absolute atomic E-state index is 12.6. The van der Waals surface area contributed by atoms with E-state index in [9.17, 15) is 4.79 Å². The SMILES string of the molecule is Cc1ccc2c(C(=O)c3cc(C)oc3C)c[nH]c2c1. The number of carbonyl (C=O) groups excluding carboxylic acids is 1. The summed E-state index contributed by atoms with van der Waals surface area (Å²) in [6, 6.07) is 7.83. The van der Waals surface area contributed by atoms with Gasteiger partial charge in [-0.05, 0) is 38.5 Å². The highest BCUT2D eigenvalue weighted by Crippen LogP contribution is 2.24. The number of aromatic amines is 1. The smallest absolute Gasteiger partial charge is 0.198 e. The Labute approximate surface area is 111 Å². The first-order valence-corrected chi connectivity index (χ1v) is 6.26. The molecule has 0 saturated carbocycles. The van der Waals surface area contributed by atoms with Crippen molar-refractivity contribution < 1.29 is 9.21 Å². The van der Waals surface area contributed by atoms with Gasteiger partial charge in [0.2, 0.25) is 0 Å². The Morgan fingerprint density at radius 1 is 1.11 bits per heavy atom. The number of fused-ring (bicyclic) bond motifs is 1. The maximum Gasteiger partial charge on any atom is 0.198 e. The molecule has 3 heteroatoms. The van der Waals surface area contributed by atoms with Crippen molar-refractivity contribution in [3.05, 3.63) is 58.7 Å². The second kappa shape index (κ2) is 4.12. The number of H-pyrrole nitrogens is 1. The van der Waals surface area contributed by atoms with Crippen molar-refractivity contribution in [1.29, 1.82) is 0 Å². The molecular formula is C16H15NO2. The third-order valence-electron chi connectivity index (χ3n) is 3.37. The van der Waals surface area contributed by atoms with Gasteiger partial charge in [0.15, 0.2) is 5.78 Å². The molecule has 0 fully saturated rings. The van der Waals surface area contributed by atoms with E-state index in [1.807, 2.05) is 39.0 Å². The summed E-state index contributed by atoms with van der Waals surface area (Å²) in [5.41, 5.74) is 3.49. The van der Waals surface area contributed by atoms with E-state index >= 15 is 0 Å². The molecule has 0 bridgehead atoms. The number of furan rings is 1. The third kappa shape index (κ3) is 1.87. The normalized spacial score (nSPS) is 11.1. The van der Waals surface area contributed by atoms with Crippen LogP contribution < -0.4 is 0 Å². The lowest BCUT2D eigenvalue weighted by atomic mass is 10.0. The Morgan fingerprint density at radius 3 is 2.58 bits per heavy atom. The van der Waals surface area contributed by atoms with Crippen LogP contribution in [-0.4, -0.2) is 10.8 Å². The lowest BCUT2D eigenvalue weighted by Crippen LogP contribution is -2.00. The Morgan fingerprint density at radius 2 is 1.89 bits per heavy atom. The zero-order valence-electron chi connectivity index (χ0n) is 11.2. The zero-order valence-corrected chi connectivity index (χ0v) is 11.2. The first kappa shape index (κ1) is 11.8. The average molecular weight is 253 g/mol. The molecule has 3 rings (SSSR count). The van der Waals surface area contributed by atoms with Gasteiger partial charge in [-0.1, -0.05) is 12.1 Å². The summed E-state index contributed by atoms with van der Waals surface area (Å²) in [5.74, 6) is 1.44. The molecule has 0 radical (unpaired) electrons. The van der Waals surface area contributed by atoms with Crippen LogP contribution in [0.3, 0.4) is 0 Å². The van der Waals surface area contributed by atoms with Crippen molar-refractivity contribution in [3.63, 3.8) is 0 Å². The summed E-state index contributed by atoms with van der Waals surface area (Å²) in [6.45, 7) is 5.70. The van der Waals surface area contributed by atoms with E-state index < -0.39 is 0 Å². The van der Waals surface area contributed by atoms with Gasteiger partial charge in [0.05, 0.1) is 5.56 Å². The van der Waals surface area contributed by atoms with Gasteiger partial charge in [0.25, 0.3) is 0 Å². The number of hydrogen-bond acceptors (Lipinski definition) is 2. The van der Waals surface area contributed by atoms with Gasteiger partial charge in [-0.25, -0.2) is 0 Å². The fourth-order valence-electron chi connectivity index (χ4n) is 2.43. The number of hydrogen-bond donors (Lipinski definition) is 1. The van der Waals surface area contributed by atoms with Gasteiger partial charge >= 0.3 is 0 Å².